The topological polar surface area (TPSA) is 64.2 Å². The monoisotopic (exact) mass is 528 g/mol. The van der Waals surface area contributed by atoms with Crippen molar-refractivity contribution in [1.82, 2.24) is 14.7 Å². The van der Waals surface area contributed by atoms with Crippen molar-refractivity contribution in [2.75, 3.05) is 39.1 Å². The molecule has 1 fully saturated rings. The van der Waals surface area contributed by atoms with E-state index in [2.05, 4.69) is 11.8 Å². The number of Topliss-reactive ketones (excluding diaryl/α,β-unsaturated/α-hetero) is 1. The van der Waals surface area contributed by atoms with Gasteiger partial charge in [-0.05, 0) is 56.2 Å². The van der Waals surface area contributed by atoms with Crippen molar-refractivity contribution in [2.24, 2.45) is 0 Å². The summed E-state index contributed by atoms with van der Waals surface area (Å²) in [5.41, 5.74) is 2.76. The first-order valence-corrected chi connectivity index (χ1v) is 12.9. The minimum atomic E-state index is -0.678. The van der Waals surface area contributed by atoms with Crippen LogP contribution in [0.25, 0.3) is 0 Å². The van der Waals surface area contributed by atoms with E-state index < -0.39 is 17.6 Å². The molecule has 4 atom stereocenters. The molecule has 0 N–H and O–H groups in total. The van der Waals surface area contributed by atoms with E-state index in [-0.39, 0.29) is 29.8 Å². The molecule has 2 unspecified atom stereocenters. The van der Waals surface area contributed by atoms with Gasteiger partial charge in [-0.25, -0.2) is 4.39 Å². The number of nitrogens with zero attached hydrogens (tertiary/aromatic N) is 4. The predicted octanol–water partition coefficient (Wildman–Crippen LogP) is 3.79. The normalized spacial score (nSPS) is 23.7. The standard InChI is InChI=1S/C28H34ClFN4O3/c1-16-14-34(17(2)13-33(16)15-19-7-9-20(30)10-8-19)27(36)21-11-22-24(12-23(21)29)32(6)18(3)25(22)26(35)28(37)31(4)5/h7-12,16-18,25H,13-15H2,1-6H3/t16-,17-,18?,25?/m0/s1. The Hall–Kier alpha value is -2.97. The molecule has 1 saturated heterocycles. The Morgan fingerprint density at radius 2 is 1.68 bits per heavy atom. The van der Waals surface area contributed by atoms with Crippen LogP contribution in [-0.4, -0.2) is 84.7 Å². The van der Waals surface area contributed by atoms with Crippen LogP contribution in [0.15, 0.2) is 36.4 Å². The Bertz CT molecular complexity index is 1220. The number of hydrogen-bond acceptors (Lipinski definition) is 5. The average Bonchev–Trinajstić information content (AvgIpc) is 3.09. The van der Waals surface area contributed by atoms with Gasteiger partial charge in [-0.15, -0.1) is 0 Å². The van der Waals surface area contributed by atoms with Gasteiger partial charge < -0.3 is 14.7 Å². The van der Waals surface area contributed by atoms with Crippen molar-refractivity contribution < 1.29 is 18.8 Å². The van der Waals surface area contributed by atoms with Crippen LogP contribution in [0.5, 0.6) is 0 Å². The molecule has 2 aromatic rings. The highest BCUT2D eigenvalue weighted by Gasteiger charge is 2.43. The molecule has 0 aromatic heterocycles. The van der Waals surface area contributed by atoms with E-state index in [1.807, 2.05) is 30.7 Å². The molecule has 7 nitrogen and oxygen atoms in total. The Morgan fingerprint density at radius 1 is 1.03 bits per heavy atom. The van der Waals surface area contributed by atoms with Gasteiger partial charge in [-0.3, -0.25) is 19.3 Å². The molecular weight excluding hydrogens is 495 g/mol. The molecule has 0 aliphatic carbocycles. The van der Waals surface area contributed by atoms with Gasteiger partial charge in [0, 0.05) is 64.6 Å². The van der Waals surface area contributed by atoms with Crippen molar-refractivity contribution >= 4 is 34.9 Å². The SMILES string of the molecule is CC1C(C(=O)C(=O)N(C)C)c2cc(C(=O)N3C[C@H](C)N(Cc4ccc(F)cc4)C[C@@H]3C)c(Cl)cc2N1C. The number of carbonyl (C=O) groups is 3. The number of rotatable bonds is 5. The van der Waals surface area contributed by atoms with Crippen LogP contribution in [0.4, 0.5) is 10.1 Å². The zero-order valence-corrected chi connectivity index (χ0v) is 22.9. The van der Waals surface area contributed by atoms with E-state index >= 15 is 0 Å². The number of amides is 2. The van der Waals surface area contributed by atoms with Gasteiger partial charge >= 0.3 is 0 Å². The largest absolute Gasteiger partial charge is 0.371 e. The molecule has 37 heavy (non-hydrogen) atoms. The van der Waals surface area contributed by atoms with Crippen LogP contribution in [0, 0.1) is 5.82 Å². The molecular formula is C28H34ClFN4O3. The summed E-state index contributed by atoms with van der Waals surface area (Å²) in [6.07, 6.45) is 0. The number of benzene rings is 2. The predicted molar refractivity (Wildman–Crippen MR) is 143 cm³/mol. The molecule has 9 heteroatoms. The van der Waals surface area contributed by atoms with Gasteiger partial charge in [0.1, 0.15) is 5.82 Å². The Balaban J connectivity index is 1.58. The highest BCUT2D eigenvalue weighted by molar-refractivity contribution is 6.39. The zero-order chi connectivity index (χ0) is 27.2. The lowest BCUT2D eigenvalue weighted by molar-refractivity contribution is -0.143. The summed E-state index contributed by atoms with van der Waals surface area (Å²) in [5.74, 6) is -2.20. The molecule has 0 saturated carbocycles. The lowest BCUT2D eigenvalue weighted by Gasteiger charge is -2.44. The van der Waals surface area contributed by atoms with E-state index in [4.69, 9.17) is 11.6 Å². The van der Waals surface area contributed by atoms with Crippen molar-refractivity contribution in [3.63, 3.8) is 0 Å². The maximum atomic E-state index is 13.8. The van der Waals surface area contributed by atoms with Crippen molar-refractivity contribution in [3.8, 4) is 0 Å². The zero-order valence-electron chi connectivity index (χ0n) is 22.2. The summed E-state index contributed by atoms with van der Waals surface area (Å²) in [7, 11) is 4.97. The van der Waals surface area contributed by atoms with Crippen LogP contribution >= 0.6 is 11.6 Å². The first kappa shape index (κ1) is 27.1. The minimum Gasteiger partial charge on any atom is -0.371 e. The minimum absolute atomic E-state index is 0.0802. The Kier molecular flexibility index (Phi) is 7.62. The third kappa shape index (κ3) is 5.09. The third-order valence-electron chi connectivity index (χ3n) is 7.73. The number of fused-ring (bicyclic) bond motifs is 1. The van der Waals surface area contributed by atoms with Gasteiger partial charge in [-0.1, -0.05) is 23.7 Å². The fourth-order valence-corrected chi connectivity index (χ4v) is 5.63. The molecule has 198 valence electrons. The number of piperazine rings is 1. The van der Waals surface area contributed by atoms with Crippen LogP contribution in [-0.2, 0) is 16.1 Å². The smallest absolute Gasteiger partial charge is 0.290 e. The highest BCUT2D eigenvalue weighted by Crippen LogP contribution is 2.43. The molecule has 2 aliphatic heterocycles. The van der Waals surface area contributed by atoms with Crippen LogP contribution in [0.2, 0.25) is 5.02 Å². The van der Waals surface area contributed by atoms with Gasteiger partial charge in [0.25, 0.3) is 11.8 Å². The first-order chi connectivity index (χ1) is 17.4. The van der Waals surface area contributed by atoms with Gasteiger partial charge in [0.15, 0.2) is 0 Å². The number of carbonyl (C=O) groups excluding carboxylic acids is 3. The summed E-state index contributed by atoms with van der Waals surface area (Å²) in [6.45, 7) is 7.79. The summed E-state index contributed by atoms with van der Waals surface area (Å²) < 4.78 is 13.3. The Morgan fingerprint density at radius 3 is 2.30 bits per heavy atom. The van der Waals surface area contributed by atoms with Gasteiger partial charge in [0.2, 0.25) is 5.78 Å². The molecule has 2 amide bonds. The lowest BCUT2D eigenvalue weighted by Crippen LogP contribution is -2.57. The van der Waals surface area contributed by atoms with Crippen molar-refractivity contribution in [1.29, 1.82) is 0 Å². The summed E-state index contributed by atoms with van der Waals surface area (Å²) in [5, 5.41) is 0.323. The highest BCUT2D eigenvalue weighted by atomic mass is 35.5. The second kappa shape index (κ2) is 10.4. The summed E-state index contributed by atoms with van der Waals surface area (Å²) in [6, 6.07) is 9.67. The molecule has 0 radical (unpaired) electrons. The lowest BCUT2D eigenvalue weighted by atomic mass is 9.89. The fourth-order valence-electron chi connectivity index (χ4n) is 5.39. The number of halogens is 2. The van der Waals surface area contributed by atoms with Crippen molar-refractivity contribution in [3.05, 3.63) is 63.9 Å². The summed E-state index contributed by atoms with van der Waals surface area (Å²) >= 11 is 6.63. The summed E-state index contributed by atoms with van der Waals surface area (Å²) in [4.78, 5) is 46.7. The second-order valence-electron chi connectivity index (χ2n) is 10.5. The molecule has 2 aliphatic rings. The average molecular weight is 529 g/mol. The van der Waals surface area contributed by atoms with Gasteiger partial charge in [-0.2, -0.15) is 0 Å². The number of anilines is 1. The number of hydrogen-bond donors (Lipinski definition) is 0. The van der Waals surface area contributed by atoms with E-state index in [0.29, 0.717) is 35.8 Å². The van der Waals surface area contributed by atoms with E-state index in [1.54, 1.807) is 38.4 Å². The van der Waals surface area contributed by atoms with Crippen LogP contribution in [0.3, 0.4) is 0 Å². The van der Waals surface area contributed by atoms with Crippen molar-refractivity contribution in [2.45, 2.75) is 51.4 Å². The number of ketones is 1. The molecule has 0 spiro atoms. The fraction of sp³-hybridized carbons (Fsp3) is 0.464. The molecule has 4 rings (SSSR count). The van der Waals surface area contributed by atoms with E-state index in [1.165, 1.54) is 17.0 Å². The maximum Gasteiger partial charge on any atom is 0.290 e. The molecule has 2 aromatic carbocycles. The third-order valence-corrected chi connectivity index (χ3v) is 8.04. The quantitative estimate of drug-likeness (QED) is 0.552. The Labute approximate surface area is 222 Å². The van der Waals surface area contributed by atoms with Crippen LogP contribution < -0.4 is 4.90 Å². The maximum absolute atomic E-state index is 13.8. The van der Waals surface area contributed by atoms with Crippen LogP contribution in [0.1, 0.15) is 48.2 Å². The molecule has 0 bridgehead atoms. The second-order valence-corrected chi connectivity index (χ2v) is 10.9. The first-order valence-electron chi connectivity index (χ1n) is 12.5. The molecule has 2 heterocycles. The number of likely N-dealkylation sites (N-methyl/N-ethyl adjacent to an activating group) is 2. The van der Waals surface area contributed by atoms with E-state index in [9.17, 15) is 18.8 Å². The van der Waals surface area contributed by atoms with E-state index in [0.717, 1.165) is 11.3 Å². The van der Waals surface area contributed by atoms with Gasteiger partial charge in [0.05, 0.1) is 16.5 Å².